The molecule has 2 heteroatoms. The second-order valence-corrected chi connectivity index (χ2v) is 4.78. The second-order valence-electron chi connectivity index (χ2n) is 4.78. The van der Waals surface area contributed by atoms with E-state index in [1.54, 1.807) is 0 Å². The SMILES string of the molecule is CC1CCN(C(=O)C2CC2)C(C)C1. The van der Waals surface area contributed by atoms with Crippen molar-refractivity contribution in [3.8, 4) is 0 Å². The normalized spacial score (nSPS) is 34.8. The second kappa shape index (κ2) is 3.32. The summed E-state index contributed by atoms with van der Waals surface area (Å²) in [7, 11) is 0. The predicted octanol–water partition coefficient (Wildman–Crippen LogP) is 2.04. The van der Waals surface area contributed by atoms with Crippen LogP contribution in [-0.2, 0) is 4.79 Å². The fraction of sp³-hybridized carbons (Fsp3) is 0.909. The van der Waals surface area contributed by atoms with E-state index in [-0.39, 0.29) is 0 Å². The Morgan fingerprint density at radius 3 is 2.46 bits per heavy atom. The zero-order valence-corrected chi connectivity index (χ0v) is 8.62. The molecule has 0 N–H and O–H groups in total. The highest BCUT2D eigenvalue weighted by molar-refractivity contribution is 5.81. The third-order valence-corrected chi connectivity index (χ3v) is 3.35. The van der Waals surface area contributed by atoms with Crippen molar-refractivity contribution in [3.63, 3.8) is 0 Å². The molecule has 0 aromatic heterocycles. The van der Waals surface area contributed by atoms with Gasteiger partial charge in [-0.3, -0.25) is 4.79 Å². The van der Waals surface area contributed by atoms with Gasteiger partial charge >= 0.3 is 0 Å². The molecule has 2 unspecified atom stereocenters. The number of carbonyl (C=O) groups is 1. The number of likely N-dealkylation sites (tertiary alicyclic amines) is 1. The van der Waals surface area contributed by atoms with E-state index in [1.807, 2.05) is 0 Å². The van der Waals surface area contributed by atoms with Crippen molar-refractivity contribution >= 4 is 5.91 Å². The average molecular weight is 181 g/mol. The van der Waals surface area contributed by atoms with Gasteiger partial charge in [0.2, 0.25) is 5.91 Å². The number of amides is 1. The Labute approximate surface area is 80.3 Å². The zero-order chi connectivity index (χ0) is 9.42. The van der Waals surface area contributed by atoms with E-state index in [0.717, 1.165) is 25.3 Å². The van der Waals surface area contributed by atoms with Gasteiger partial charge in [0, 0.05) is 18.5 Å². The van der Waals surface area contributed by atoms with Crippen LogP contribution in [0.25, 0.3) is 0 Å². The molecule has 2 fully saturated rings. The molecular formula is C11H19NO. The summed E-state index contributed by atoms with van der Waals surface area (Å²) in [6, 6.07) is 0.483. The van der Waals surface area contributed by atoms with Crippen LogP contribution in [0.3, 0.4) is 0 Å². The molecule has 0 aromatic rings. The van der Waals surface area contributed by atoms with E-state index in [9.17, 15) is 4.79 Å². The number of hydrogen-bond acceptors (Lipinski definition) is 1. The number of piperidine rings is 1. The van der Waals surface area contributed by atoms with Gasteiger partial charge in [0.25, 0.3) is 0 Å². The van der Waals surface area contributed by atoms with Gasteiger partial charge in [0.15, 0.2) is 0 Å². The van der Waals surface area contributed by atoms with Crippen LogP contribution in [0.2, 0.25) is 0 Å². The van der Waals surface area contributed by atoms with Crippen LogP contribution >= 0.6 is 0 Å². The highest BCUT2D eigenvalue weighted by atomic mass is 16.2. The molecule has 1 aliphatic carbocycles. The molecule has 0 bridgehead atoms. The Balaban J connectivity index is 1.94. The molecular weight excluding hydrogens is 162 g/mol. The minimum absolute atomic E-state index is 0.399. The monoisotopic (exact) mass is 181 g/mol. The van der Waals surface area contributed by atoms with Crippen LogP contribution in [0, 0.1) is 11.8 Å². The van der Waals surface area contributed by atoms with Gasteiger partial charge in [0.1, 0.15) is 0 Å². The Hall–Kier alpha value is -0.530. The first-order valence-electron chi connectivity index (χ1n) is 5.49. The lowest BCUT2D eigenvalue weighted by atomic mass is 9.93. The van der Waals surface area contributed by atoms with Gasteiger partial charge in [-0.1, -0.05) is 6.92 Å². The predicted molar refractivity (Wildman–Crippen MR) is 52.3 cm³/mol. The lowest BCUT2D eigenvalue weighted by Gasteiger charge is -2.36. The fourth-order valence-electron chi connectivity index (χ4n) is 2.30. The number of rotatable bonds is 1. The van der Waals surface area contributed by atoms with Crippen LogP contribution in [0.15, 0.2) is 0 Å². The molecule has 2 nitrogen and oxygen atoms in total. The summed E-state index contributed by atoms with van der Waals surface area (Å²) in [5, 5.41) is 0. The minimum Gasteiger partial charge on any atom is -0.340 e. The van der Waals surface area contributed by atoms with Crippen molar-refractivity contribution in [2.24, 2.45) is 11.8 Å². The smallest absolute Gasteiger partial charge is 0.225 e. The topological polar surface area (TPSA) is 20.3 Å². The summed E-state index contributed by atoms with van der Waals surface area (Å²) in [4.78, 5) is 13.9. The summed E-state index contributed by atoms with van der Waals surface area (Å²) in [5.74, 6) is 1.63. The van der Waals surface area contributed by atoms with Gasteiger partial charge in [-0.15, -0.1) is 0 Å². The Morgan fingerprint density at radius 2 is 1.92 bits per heavy atom. The minimum atomic E-state index is 0.399. The highest BCUT2D eigenvalue weighted by Crippen LogP contribution is 2.33. The van der Waals surface area contributed by atoms with Crippen LogP contribution in [0.5, 0.6) is 0 Å². The van der Waals surface area contributed by atoms with Gasteiger partial charge in [0.05, 0.1) is 0 Å². The molecule has 1 heterocycles. The summed E-state index contributed by atoms with van der Waals surface area (Å²) in [5.41, 5.74) is 0. The van der Waals surface area contributed by atoms with Gasteiger partial charge in [-0.25, -0.2) is 0 Å². The first-order chi connectivity index (χ1) is 6.18. The summed E-state index contributed by atoms with van der Waals surface area (Å²) in [6.45, 7) is 5.48. The van der Waals surface area contributed by atoms with Crippen molar-refractivity contribution in [1.29, 1.82) is 0 Å². The molecule has 1 saturated heterocycles. The van der Waals surface area contributed by atoms with Crippen LogP contribution in [0.1, 0.15) is 39.5 Å². The molecule has 1 amide bonds. The Morgan fingerprint density at radius 1 is 1.23 bits per heavy atom. The molecule has 0 aromatic carbocycles. The van der Waals surface area contributed by atoms with E-state index in [2.05, 4.69) is 18.7 Å². The molecule has 13 heavy (non-hydrogen) atoms. The first kappa shape index (κ1) is 9.04. The quantitative estimate of drug-likeness (QED) is 0.606. The van der Waals surface area contributed by atoms with Gasteiger partial charge < -0.3 is 4.90 Å². The van der Waals surface area contributed by atoms with E-state index in [0.29, 0.717) is 17.9 Å². The molecule has 0 radical (unpaired) electrons. The number of nitrogens with zero attached hydrogens (tertiary/aromatic N) is 1. The molecule has 2 aliphatic rings. The number of hydrogen-bond donors (Lipinski definition) is 0. The molecule has 0 spiro atoms. The average Bonchev–Trinajstić information content (AvgIpc) is 2.85. The summed E-state index contributed by atoms with van der Waals surface area (Å²) >= 11 is 0. The number of carbonyl (C=O) groups excluding carboxylic acids is 1. The molecule has 2 atom stereocenters. The lowest BCUT2D eigenvalue weighted by molar-refractivity contribution is -0.136. The van der Waals surface area contributed by atoms with Crippen LogP contribution < -0.4 is 0 Å². The van der Waals surface area contributed by atoms with Crippen molar-refractivity contribution in [2.45, 2.75) is 45.6 Å². The Kier molecular flexibility index (Phi) is 2.31. The van der Waals surface area contributed by atoms with Gasteiger partial charge in [-0.05, 0) is 38.5 Å². The van der Waals surface area contributed by atoms with Crippen LogP contribution in [-0.4, -0.2) is 23.4 Å². The van der Waals surface area contributed by atoms with Crippen LogP contribution in [0.4, 0.5) is 0 Å². The molecule has 2 rings (SSSR count). The van der Waals surface area contributed by atoms with E-state index >= 15 is 0 Å². The van der Waals surface area contributed by atoms with Crippen molar-refractivity contribution in [3.05, 3.63) is 0 Å². The summed E-state index contributed by atoms with van der Waals surface area (Å²) < 4.78 is 0. The largest absolute Gasteiger partial charge is 0.340 e. The molecule has 1 saturated carbocycles. The van der Waals surface area contributed by atoms with Gasteiger partial charge in [-0.2, -0.15) is 0 Å². The highest BCUT2D eigenvalue weighted by Gasteiger charge is 2.36. The van der Waals surface area contributed by atoms with E-state index in [4.69, 9.17) is 0 Å². The maximum atomic E-state index is 11.8. The first-order valence-corrected chi connectivity index (χ1v) is 5.49. The fourth-order valence-corrected chi connectivity index (χ4v) is 2.30. The maximum absolute atomic E-state index is 11.8. The lowest BCUT2D eigenvalue weighted by Crippen LogP contribution is -2.44. The maximum Gasteiger partial charge on any atom is 0.225 e. The third-order valence-electron chi connectivity index (χ3n) is 3.35. The molecule has 74 valence electrons. The summed E-state index contributed by atoms with van der Waals surface area (Å²) in [6.07, 6.45) is 4.66. The van der Waals surface area contributed by atoms with Crippen molar-refractivity contribution < 1.29 is 4.79 Å². The van der Waals surface area contributed by atoms with E-state index in [1.165, 1.54) is 12.8 Å². The Bertz CT molecular complexity index is 210. The third kappa shape index (κ3) is 1.87. The van der Waals surface area contributed by atoms with Crippen molar-refractivity contribution in [2.75, 3.05) is 6.54 Å². The molecule has 1 aliphatic heterocycles. The van der Waals surface area contributed by atoms with Crippen molar-refractivity contribution in [1.82, 2.24) is 4.90 Å². The zero-order valence-electron chi connectivity index (χ0n) is 8.62. The standard InChI is InChI=1S/C11H19NO/c1-8-5-6-12(9(2)7-8)11(13)10-3-4-10/h8-10H,3-7H2,1-2H3. The van der Waals surface area contributed by atoms with E-state index < -0.39 is 0 Å².